The smallest absolute Gasteiger partial charge is 0.411 e. The standard InChI is InChI=1S/C14H23NO7S/c1-13(2,3)21-12(18)15-9-5-6-14(15,11(16)17)8-10(7-9)22-23(4,19)20/h9-10H,5-8H2,1-4H3,(H,16,17)/t9-,10-,14+/m0/s1. The zero-order chi connectivity index (χ0) is 17.6. The van der Waals surface area contributed by atoms with Crippen LogP contribution in [0.2, 0.25) is 0 Å². The molecule has 0 aromatic rings. The molecule has 1 N–H and O–H groups in total. The molecule has 0 radical (unpaired) electrons. The van der Waals surface area contributed by atoms with E-state index in [2.05, 4.69) is 0 Å². The first-order valence-electron chi connectivity index (χ1n) is 7.48. The van der Waals surface area contributed by atoms with Gasteiger partial charge in [0.05, 0.1) is 12.4 Å². The van der Waals surface area contributed by atoms with Gasteiger partial charge in [0.1, 0.15) is 11.1 Å². The van der Waals surface area contributed by atoms with E-state index in [0.717, 1.165) is 6.26 Å². The van der Waals surface area contributed by atoms with Gasteiger partial charge in [0, 0.05) is 12.5 Å². The third-order valence-electron chi connectivity index (χ3n) is 4.12. The Morgan fingerprint density at radius 3 is 2.39 bits per heavy atom. The van der Waals surface area contributed by atoms with Crippen molar-refractivity contribution < 1.29 is 32.0 Å². The zero-order valence-corrected chi connectivity index (χ0v) is 14.6. The number of fused-ring (bicyclic) bond motifs is 2. The number of carbonyl (C=O) groups is 2. The van der Waals surface area contributed by atoms with Gasteiger partial charge < -0.3 is 9.84 Å². The quantitative estimate of drug-likeness (QED) is 0.766. The topological polar surface area (TPSA) is 110 Å². The monoisotopic (exact) mass is 349 g/mol. The van der Waals surface area contributed by atoms with Crippen LogP contribution in [-0.4, -0.2) is 60.0 Å². The van der Waals surface area contributed by atoms with Crippen molar-refractivity contribution in [2.24, 2.45) is 0 Å². The maximum atomic E-state index is 12.5. The van der Waals surface area contributed by atoms with Crippen molar-refractivity contribution in [3.05, 3.63) is 0 Å². The number of hydrogen-bond acceptors (Lipinski definition) is 6. The van der Waals surface area contributed by atoms with E-state index in [4.69, 9.17) is 8.92 Å². The Hall–Kier alpha value is -1.35. The molecule has 2 aliphatic rings. The molecule has 0 aromatic heterocycles. The van der Waals surface area contributed by atoms with E-state index in [1.807, 2.05) is 0 Å². The van der Waals surface area contributed by atoms with Gasteiger partial charge in [0.25, 0.3) is 10.1 Å². The van der Waals surface area contributed by atoms with E-state index in [9.17, 15) is 23.1 Å². The first-order chi connectivity index (χ1) is 10.3. The number of amides is 1. The first-order valence-corrected chi connectivity index (χ1v) is 9.30. The molecule has 0 spiro atoms. The van der Waals surface area contributed by atoms with Crippen LogP contribution in [0.4, 0.5) is 4.79 Å². The summed E-state index contributed by atoms with van der Waals surface area (Å²) in [4.78, 5) is 25.6. The summed E-state index contributed by atoms with van der Waals surface area (Å²) in [5.74, 6) is -1.16. The molecular weight excluding hydrogens is 326 g/mol. The van der Waals surface area contributed by atoms with Crippen molar-refractivity contribution in [2.45, 2.75) is 69.7 Å². The van der Waals surface area contributed by atoms with Crippen LogP contribution >= 0.6 is 0 Å². The summed E-state index contributed by atoms with van der Waals surface area (Å²) in [6.07, 6.45) is 0.465. The minimum absolute atomic E-state index is 0.0643. The molecule has 132 valence electrons. The average Bonchev–Trinajstić information content (AvgIpc) is 2.55. The number of carboxylic acid groups (broad SMARTS) is 1. The minimum atomic E-state index is -3.69. The number of aliphatic carboxylic acids is 1. The number of rotatable bonds is 3. The lowest BCUT2D eigenvalue weighted by Gasteiger charge is -2.44. The van der Waals surface area contributed by atoms with Gasteiger partial charge in [-0.3, -0.25) is 9.08 Å². The summed E-state index contributed by atoms with van der Waals surface area (Å²) in [6.45, 7) is 5.12. The van der Waals surface area contributed by atoms with Crippen LogP contribution in [0.15, 0.2) is 0 Å². The first kappa shape index (κ1) is 18.0. The molecule has 1 amide bonds. The summed E-state index contributed by atoms with van der Waals surface area (Å²) < 4.78 is 33.0. The van der Waals surface area contributed by atoms with Crippen LogP contribution in [0, 0.1) is 0 Å². The Labute approximate surface area is 135 Å². The summed E-state index contributed by atoms with van der Waals surface area (Å²) in [5, 5.41) is 9.69. The van der Waals surface area contributed by atoms with Crippen molar-refractivity contribution in [1.29, 1.82) is 0 Å². The molecule has 0 saturated carbocycles. The Bertz CT molecular complexity index is 609. The Balaban J connectivity index is 2.29. The van der Waals surface area contributed by atoms with E-state index in [1.54, 1.807) is 20.8 Å². The van der Waals surface area contributed by atoms with Gasteiger partial charge in [-0.25, -0.2) is 9.59 Å². The van der Waals surface area contributed by atoms with Gasteiger partial charge in [-0.15, -0.1) is 0 Å². The summed E-state index contributed by atoms with van der Waals surface area (Å²) in [5.41, 5.74) is -2.21. The molecule has 0 aliphatic carbocycles. The van der Waals surface area contributed by atoms with Gasteiger partial charge in [-0.2, -0.15) is 8.42 Å². The number of ether oxygens (including phenoxy) is 1. The van der Waals surface area contributed by atoms with Crippen molar-refractivity contribution in [1.82, 2.24) is 4.90 Å². The van der Waals surface area contributed by atoms with Crippen molar-refractivity contribution in [2.75, 3.05) is 6.26 Å². The molecule has 3 atom stereocenters. The molecular formula is C14H23NO7S. The second-order valence-corrected chi connectivity index (χ2v) is 8.84. The van der Waals surface area contributed by atoms with E-state index in [0.29, 0.717) is 6.42 Å². The highest BCUT2D eigenvalue weighted by Crippen LogP contribution is 2.46. The fourth-order valence-electron chi connectivity index (χ4n) is 3.44. The number of hydrogen-bond donors (Lipinski definition) is 1. The number of nitrogens with zero attached hydrogens (tertiary/aromatic N) is 1. The average molecular weight is 349 g/mol. The van der Waals surface area contributed by atoms with Gasteiger partial charge in [0.2, 0.25) is 0 Å². The Morgan fingerprint density at radius 2 is 1.91 bits per heavy atom. The fraction of sp³-hybridized carbons (Fsp3) is 0.857. The van der Waals surface area contributed by atoms with Crippen LogP contribution in [0.3, 0.4) is 0 Å². The summed E-state index contributed by atoms with van der Waals surface area (Å²) in [6, 6.07) is -0.401. The lowest BCUT2D eigenvalue weighted by atomic mass is 9.87. The fourth-order valence-corrected chi connectivity index (χ4v) is 4.09. The largest absolute Gasteiger partial charge is 0.479 e. The molecule has 2 rings (SSSR count). The number of piperidine rings is 1. The lowest BCUT2D eigenvalue weighted by molar-refractivity contribution is -0.155. The molecule has 8 nitrogen and oxygen atoms in total. The van der Waals surface area contributed by atoms with Crippen LogP contribution < -0.4 is 0 Å². The van der Waals surface area contributed by atoms with Gasteiger partial charge in [-0.05, 0) is 40.0 Å². The van der Waals surface area contributed by atoms with E-state index >= 15 is 0 Å². The molecule has 0 aromatic carbocycles. The second-order valence-electron chi connectivity index (χ2n) is 7.24. The highest BCUT2D eigenvalue weighted by Gasteiger charge is 2.60. The van der Waals surface area contributed by atoms with E-state index in [1.165, 1.54) is 4.90 Å². The third-order valence-corrected chi connectivity index (χ3v) is 4.74. The Kier molecular flexibility index (Phi) is 4.40. The van der Waals surface area contributed by atoms with Gasteiger partial charge in [-0.1, -0.05) is 0 Å². The predicted octanol–water partition coefficient (Wildman–Crippen LogP) is 1.35. The van der Waals surface area contributed by atoms with Crippen molar-refractivity contribution in [3.8, 4) is 0 Å². The maximum absolute atomic E-state index is 12.5. The van der Waals surface area contributed by atoms with Crippen LogP contribution in [0.25, 0.3) is 0 Å². The Morgan fingerprint density at radius 1 is 1.30 bits per heavy atom. The highest BCUT2D eigenvalue weighted by atomic mass is 32.2. The predicted molar refractivity (Wildman–Crippen MR) is 80.4 cm³/mol. The molecule has 9 heteroatoms. The molecule has 2 heterocycles. The molecule has 2 aliphatic heterocycles. The normalized spacial score (nSPS) is 31.0. The van der Waals surface area contributed by atoms with E-state index in [-0.39, 0.29) is 19.3 Å². The van der Waals surface area contributed by atoms with Crippen molar-refractivity contribution >= 4 is 22.2 Å². The number of carbonyl (C=O) groups excluding carboxylic acids is 1. The second kappa shape index (κ2) is 5.62. The third kappa shape index (κ3) is 3.77. The molecule has 2 saturated heterocycles. The molecule has 2 bridgehead atoms. The van der Waals surface area contributed by atoms with Crippen molar-refractivity contribution in [3.63, 3.8) is 0 Å². The SMILES string of the molecule is CC(C)(C)OC(=O)N1[C@H]2CC[C@]1(C(=O)O)C[C@@H](OS(C)(=O)=O)C2. The van der Waals surface area contributed by atoms with Crippen LogP contribution in [-0.2, 0) is 23.8 Å². The summed E-state index contributed by atoms with van der Waals surface area (Å²) >= 11 is 0. The maximum Gasteiger partial charge on any atom is 0.411 e. The highest BCUT2D eigenvalue weighted by molar-refractivity contribution is 7.86. The van der Waals surface area contributed by atoms with Crippen LogP contribution in [0.5, 0.6) is 0 Å². The minimum Gasteiger partial charge on any atom is -0.479 e. The molecule has 2 fully saturated rings. The van der Waals surface area contributed by atoms with Gasteiger partial charge in [0.15, 0.2) is 0 Å². The van der Waals surface area contributed by atoms with Gasteiger partial charge >= 0.3 is 12.1 Å². The number of carboxylic acids is 1. The van der Waals surface area contributed by atoms with Crippen LogP contribution in [0.1, 0.15) is 46.5 Å². The lowest BCUT2D eigenvalue weighted by Crippen LogP contribution is -2.61. The molecule has 0 unspecified atom stereocenters. The summed E-state index contributed by atoms with van der Waals surface area (Å²) in [7, 11) is -3.69. The zero-order valence-electron chi connectivity index (χ0n) is 13.7. The van der Waals surface area contributed by atoms with E-state index < -0.39 is 45.5 Å². The molecule has 23 heavy (non-hydrogen) atoms.